The van der Waals surface area contributed by atoms with E-state index >= 15 is 0 Å². The first-order valence-corrected chi connectivity index (χ1v) is 6.31. The number of para-hydroxylation sites is 2. The minimum absolute atomic E-state index is 0.207. The molecule has 8 nitrogen and oxygen atoms in total. The fraction of sp³-hybridized carbons (Fsp3) is 0.154. The molecule has 1 atom stereocenters. The summed E-state index contributed by atoms with van der Waals surface area (Å²) in [6.45, 7) is 1.71. The maximum atomic E-state index is 12.1. The number of nitrogens with one attached hydrogen (secondary N) is 3. The maximum absolute atomic E-state index is 12.1. The molecule has 0 aliphatic heterocycles. The van der Waals surface area contributed by atoms with Crippen LogP contribution in [0.3, 0.4) is 0 Å². The van der Waals surface area contributed by atoms with Gasteiger partial charge in [0.15, 0.2) is 5.82 Å². The van der Waals surface area contributed by atoms with Crippen LogP contribution >= 0.6 is 0 Å². The van der Waals surface area contributed by atoms with Gasteiger partial charge in [0.1, 0.15) is 5.69 Å². The molecule has 0 aliphatic rings. The number of aromatic amines is 2. The maximum Gasteiger partial charge on any atom is 0.340 e. The quantitative estimate of drug-likeness (QED) is 0.648. The number of carbonyl (C=O) groups excluding carboxylic acids is 1. The Labute approximate surface area is 118 Å². The third-order valence-electron chi connectivity index (χ3n) is 2.96. The predicted molar refractivity (Wildman–Crippen MR) is 74.6 cm³/mol. The van der Waals surface area contributed by atoms with Crippen molar-refractivity contribution in [1.29, 1.82) is 0 Å². The average Bonchev–Trinajstić information content (AvgIpc) is 2.93. The van der Waals surface area contributed by atoms with Crippen molar-refractivity contribution in [1.82, 2.24) is 30.5 Å². The Hall–Kier alpha value is -3.03. The lowest BCUT2D eigenvalue weighted by molar-refractivity contribution is 0.0933. The molecule has 0 bridgehead atoms. The molecule has 2 heterocycles. The second kappa shape index (κ2) is 5.16. The molecule has 2 aromatic heterocycles. The van der Waals surface area contributed by atoms with Gasteiger partial charge in [0.2, 0.25) is 0 Å². The Kier molecular flexibility index (Phi) is 3.19. The second-order valence-corrected chi connectivity index (χ2v) is 4.50. The van der Waals surface area contributed by atoms with Crippen LogP contribution in [0.15, 0.2) is 35.3 Å². The van der Waals surface area contributed by atoms with Gasteiger partial charge in [-0.05, 0) is 19.1 Å². The Bertz CT molecular complexity index is 853. The van der Waals surface area contributed by atoms with E-state index in [-0.39, 0.29) is 11.6 Å². The molecule has 0 spiro atoms. The SMILES string of the molecule is C[C@H](NC(=O)c1cnc2ccccc2n1)c1n[nH]c(=O)[nH]1. The first kappa shape index (κ1) is 13.0. The zero-order valence-corrected chi connectivity index (χ0v) is 11.1. The number of fused-ring (bicyclic) bond motifs is 1. The highest BCUT2D eigenvalue weighted by Gasteiger charge is 2.15. The Morgan fingerprint density at radius 2 is 2.05 bits per heavy atom. The topological polar surface area (TPSA) is 116 Å². The van der Waals surface area contributed by atoms with Crippen LogP contribution in [-0.2, 0) is 0 Å². The van der Waals surface area contributed by atoms with Gasteiger partial charge in [-0.2, -0.15) is 5.10 Å². The van der Waals surface area contributed by atoms with Crippen molar-refractivity contribution in [2.24, 2.45) is 0 Å². The fourth-order valence-corrected chi connectivity index (χ4v) is 1.89. The molecule has 21 heavy (non-hydrogen) atoms. The number of carbonyl (C=O) groups is 1. The van der Waals surface area contributed by atoms with E-state index < -0.39 is 11.7 Å². The van der Waals surface area contributed by atoms with Crippen LogP contribution in [0.5, 0.6) is 0 Å². The van der Waals surface area contributed by atoms with E-state index in [0.29, 0.717) is 11.3 Å². The summed E-state index contributed by atoms with van der Waals surface area (Å²) in [5.41, 5.74) is 1.15. The molecule has 0 unspecified atom stereocenters. The zero-order chi connectivity index (χ0) is 14.8. The highest BCUT2D eigenvalue weighted by atomic mass is 16.2. The smallest absolute Gasteiger partial charge is 0.340 e. The molecule has 8 heteroatoms. The summed E-state index contributed by atoms with van der Waals surface area (Å²) in [4.78, 5) is 34.0. The van der Waals surface area contributed by atoms with Crippen LogP contribution in [0.2, 0.25) is 0 Å². The molecule has 0 saturated heterocycles. The van der Waals surface area contributed by atoms with Crippen LogP contribution in [0, 0.1) is 0 Å². The number of H-pyrrole nitrogens is 2. The van der Waals surface area contributed by atoms with Crippen LogP contribution in [0.25, 0.3) is 11.0 Å². The summed E-state index contributed by atoms with van der Waals surface area (Å²) in [6.07, 6.45) is 1.41. The molecule has 1 amide bonds. The summed E-state index contributed by atoms with van der Waals surface area (Å²) in [6, 6.07) is 6.84. The van der Waals surface area contributed by atoms with Crippen LogP contribution in [0.1, 0.15) is 29.3 Å². The van der Waals surface area contributed by atoms with E-state index in [0.717, 1.165) is 5.52 Å². The standard InChI is InChI=1S/C13H12N6O2/c1-7(11-17-13(21)19-18-11)15-12(20)10-6-14-8-4-2-3-5-9(8)16-10/h2-7H,1H3,(H,15,20)(H2,17,18,19,21)/t7-/m0/s1. The highest BCUT2D eigenvalue weighted by Crippen LogP contribution is 2.10. The molecule has 106 valence electrons. The van der Waals surface area contributed by atoms with Crippen molar-refractivity contribution in [3.05, 3.63) is 52.5 Å². The third-order valence-corrected chi connectivity index (χ3v) is 2.96. The van der Waals surface area contributed by atoms with Crippen molar-refractivity contribution in [3.8, 4) is 0 Å². The summed E-state index contributed by atoms with van der Waals surface area (Å²) in [5, 5.41) is 8.71. The molecule has 0 saturated carbocycles. The number of hydrogen-bond acceptors (Lipinski definition) is 5. The van der Waals surface area contributed by atoms with E-state index in [4.69, 9.17) is 0 Å². The van der Waals surface area contributed by atoms with Crippen LogP contribution in [0.4, 0.5) is 0 Å². The second-order valence-electron chi connectivity index (χ2n) is 4.50. The van der Waals surface area contributed by atoms with Gasteiger partial charge in [-0.1, -0.05) is 12.1 Å². The van der Waals surface area contributed by atoms with Crippen molar-refractivity contribution in [3.63, 3.8) is 0 Å². The summed E-state index contributed by atoms with van der Waals surface area (Å²) in [7, 11) is 0. The molecule has 3 rings (SSSR count). The highest BCUT2D eigenvalue weighted by molar-refractivity contribution is 5.93. The van der Waals surface area contributed by atoms with E-state index in [1.54, 1.807) is 13.0 Å². The van der Waals surface area contributed by atoms with Crippen molar-refractivity contribution >= 4 is 16.9 Å². The summed E-state index contributed by atoms with van der Waals surface area (Å²) >= 11 is 0. The molecular formula is C13H12N6O2. The van der Waals surface area contributed by atoms with E-state index in [9.17, 15) is 9.59 Å². The summed E-state index contributed by atoms with van der Waals surface area (Å²) in [5.74, 6) is -0.0355. The van der Waals surface area contributed by atoms with Crippen molar-refractivity contribution < 1.29 is 4.79 Å². The Balaban J connectivity index is 1.81. The van der Waals surface area contributed by atoms with E-state index in [1.165, 1.54) is 6.20 Å². The predicted octanol–water partition coefficient (Wildman–Crippen LogP) is 0.532. The van der Waals surface area contributed by atoms with Gasteiger partial charge in [-0.15, -0.1) is 0 Å². The third kappa shape index (κ3) is 2.64. The van der Waals surface area contributed by atoms with Gasteiger partial charge in [0.05, 0.1) is 23.3 Å². The molecule has 0 radical (unpaired) electrons. The van der Waals surface area contributed by atoms with Gasteiger partial charge < -0.3 is 5.32 Å². The van der Waals surface area contributed by atoms with Gasteiger partial charge in [0, 0.05) is 0 Å². The lowest BCUT2D eigenvalue weighted by Crippen LogP contribution is -2.28. The summed E-state index contributed by atoms with van der Waals surface area (Å²) < 4.78 is 0. The van der Waals surface area contributed by atoms with Crippen molar-refractivity contribution in [2.75, 3.05) is 0 Å². The minimum atomic E-state index is -0.454. The average molecular weight is 284 g/mol. The molecule has 0 aliphatic carbocycles. The van der Waals surface area contributed by atoms with Gasteiger partial charge in [-0.25, -0.2) is 14.9 Å². The zero-order valence-electron chi connectivity index (χ0n) is 11.1. The van der Waals surface area contributed by atoms with E-state index in [1.807, 2.05) is 18.2 Å². The minimum Gasteiger partial charge on any atom is -0.341 e. The first-order chi connectivity index (χ1) is 10.1. The molecule has 1 aromatic carbocycles. The lowest BCUT2D eigenvalue weighted by Gasteiger charge is -2.10. The number of rotatable bonds is 3. The van der Waals surface area contributed by atoms with Crippen molar-refractivity contribution in [2.45, 2.75) is 13.0 Å². The molecule has 3 N–H and O–H groups in total. The fourth-order valence-electron chi connectivity index (χ4n) is 1.89. The molecular weight excluding hydrogens is 272 g/mol. The Morgan fingerprint density at radius 1 is 1.29 bits per heavy atom. The van der Waals surface area contributed by atoms with Gasteiger partial charge in [-0.3, -0.25) is 14.8 Å². The van der Waals surface area contributed by atoms with Crippen LogP contribution in [-0.4, -0.2) is 31.1 Å². The first-order valence-electron chi connectivity index (χ1n) is 6.31. The number of amides is 1. The monoisotopic (exact) mass is 284 g/mol. The lowest BCUT2D eigenvalue weighted by atomic mass is 10.2. The number of nitrogens with zero attached hydrogens (tertiary/aromatic N) is 3. The van der Waals surface area contributed by atoms with E-state index in [2.05, 4.69) is 30.5 Å². The Morgan fingerprint density at radius 3 is 2.76 bits per heavy atom. The van der Waals surface area contributed by atoms with Gasteiger partial charge in [0.25, 0.3) is 5.91 Å². The van der Waals surface area contributed by atoms with Crippen LogP contribution < -0.4 is 11.0 Å². The molecule has 0 fully saturated rings. The number of aromatic nitrogens is 5. The van der Waals surface area contributed by atoms with Gasteiger partial charge >= 0.3 is 5.69 Å². The normalized spacial score (nSPS) is 12.2. The number of hydrogen-bond donors (Lipinski definition) is 3. The largest absolute Gasteiger partial charge is 0.341 e. The molecule has 3 aromatic rings. The number of benzene rings is 1.